The second-order valence-electron chi connectivity index (χ2n) is 3.49. The van der Waals surface area contributed by atoms with E-state index < -0.39 is 0 Å². The zero-order chi connectivity index (χ0) is 11.3. The van der Waals surface area contributed by atoms with Crippen LogP contribution in [0.2, 0.25) is 0 Å². The molecule has 80 valence electrons. The number of rotatable bonds is 0. The van der Waals surface area contributed by atoms with Gasteiger partial charge in [-0.05, 0) is 35.0 Å². The molecule has 0 radical (unpaired) electrons. The minimum Gasteiger partial charge on any atom is -0.267 e. The highest BCUT2D eigenvalue weighted by molar-refractivity contribution is 9.11. The highest BCUT2D eigenvalue weighted by atomic mass is 79.9. The van der Waals surface area contributed by atoms with Crippen LogP contribution < -0.4 is 5.56 Å². The van der Waals surface area contributed by atoms with Crippen molar-refractivity contribution in [2.45, 2.75) is 6.92 Å². The largest absolute Gasteiger partial charge is 0.283 e. The van der Waals surface area contributed by atoms with E-state index in [2.05, 4.69) is 26.0 Å². The summed E-state index contributed by atoms with van der Waals surface area (Å²) in [6.07, 6.45) is 0. The quantitative estimate of drug-likeness (QED) is 0.640. The molecule has 0 saturated heterocycles. The van der Waals surface area contributed by atoms with Crippen LogP contribution in [-0.4, -0.2) is 14.6 Å². The van der Waals surface area contributed by atoms with Crippen LogP contribution in [-0.2, 0) is 0 Å². The summed E-state index contributed by atoms with van der Waals surface area (Å²) in [6, 6.07) is 5.64. The molecular weight excluding hydrogens is 290 g/mol. The van der Waals surface area contributed by atoms with Gasteiger partial charge in [0, 0.05) is 0 Å². The Hall–Kier alpha value is -1.27. The minimum absolute atomic E-state index is 0.120. The minimum atomic E-state index is -0.120. The van der Waals surface area contributed by atoms with Gasteiger partial charge in [0.2, 0.25) is 4.96 Å². The van der Waals surface area contributed by atoms with Gasteiger partial charge in [-0.25, -0.2) is 4.98 Å². The first-order valence-electron chi connectivity index (χ1n) is 4.61. The molecule has 0 bridgehead atoms. The van der Waals surface area contributed by atoms with Gasteiger partial charge in [0.1, 0.15) is 0 Å². The Labute approximate surface area is 103 Å². The standard InChI is InChI=1S/C10H6BrN3OS/c1-5-2-3-7-6(4-5)8(15)14-10(12-7)16-9(11)13-14/h2-4H,1H3. The van der Waals surface area contributed by atoms with Gasteiger partial charge >= 0.3 is 0 Å². The van der Waals surface area contributed by atoms with E-state index >= 15 is 0 Å². The average Bonchev–Trinajstić information content (AvgIpc) is 2.61. The molecule has 0 fully saturated rings. The van der Waals surface area contributed by atoms with E-state index in [0.717, 1.165) is 5.56 Å². The maximum atomic E-state index is 12.1. The number of aromatic nitrogens is 3. The number of hydrogen-bond donors (Lipinski definition) is 0. The van der Waals surface area contributed by atoms with E-state index in [0.29, 0.717) is 19.8 Å². The first-order chi connectivity index (χ1) is 7.65. The van der Waals surface area contributed by atoms with Crippen LogP contribution >= 0.6 is 27.3 Å². The van der Waals surface area contributed by atoms with Crippen LogP contribution in [0.1, 0.15) is 5.56 Å². The van der Waals surface area contributed by atoms with Gasteiger partial charge in [-0.2, -0.15) is 4.52 Å². The van der Waals surface area contributed by atoms with Gasteiger partial charge in [-0.1, -0.05) is 23.0 Å². The Bertz CT molecular complexity index is 762. The molecule has 2 heterocycles. The molecule has 1 aromatic carbocycles. The molecule has 3 rings (SSSR count). The van der Waals surface area contributed by atoms with Gasteiger partial charge in [0.05, 0.1) is 10.9 Å². The van der Waals surface area contributed by atoms with Crippen molar-refractivity contribution in [1.29, 1.82) is 0 Å². The lowest BCUT2D eigenvalue weighted by Crippen LogP contribution is -2.15. The summed E-state index contributed by atoms with van der Waals surface area (Å²) < 4.78 is 1.99. The zero-order valence-corrected chi connectivity index (χ0v) is 10.7. The Kier molecular flexibility index (Phi) is 2.08. The van der Waals surface area contributed by atoms with E-state index in [1.165, 1.54) is 15.9 Å². The molecular formula is C10H6BrN3OS. The number of halogens is 1. The Morgan fingerprint density at radius 2 is 2.25 bits per heavy atom. The number of benzene rings is 1. The second-order valence-corrected chi connectivity index (χ2v) is 5.72. The maximum Gasteiger partial charge on any atom is 0.283 e. The summed E-state index contributed by atoms with van der Waals surface area (Å²) >= 11 is 4.60. The van der Waals surface area contributed by atoms with E-state index in [1.54, 1.807) is 0 Å². The third-order valence-corrected chi connectivity index (χ3v) is 3.67. The normalized spacial score (nSPS) is 11.4. The first kappa shape index (κ1) is 9.92. The maximum absolute atomic E-state index is 12.1. The Balaban J connectivity index is 2.60. The van der Waals surface area contributed by atoms with Crippen LogP contribution in [0.15, 0.2) is 26.9 Å². The molecule has 0 N–H and O–H groups in total. The van der Waals surface area contributed by atoms with Gasteiger partial charge in [0.15, 0.2) is 3.92 Å². The van der Waals surface area contributed by atoms with Crippen molar-refractivity contribution in [2.24, 2.45) is 0 Å². The third kappa shape index (κ3) is 1.37. The van der Waals surface area contributed by atoms with Crippen molar-refractivity contribution in [3.63, 3.8) is 0 Å². The van der Waals surface area contributed by atoms with Crippen LogP contribution in [0.25, 0.3) is 15.9 Å². The molecule has 0 aliphatic rings. The van der Waals surface area contributed by atoms with E-state index in [4.69, 9.17) is 0 Å². The van der Waals surface area contributed by atoms with Gasteiger partial charge in [-0.3, -0.25) is 4.79 Å². The third-order valence-electron chi connectivity index (χ3n) is 2.33. The molecule has 0 unspecified atom stereocenters. The first-order valence-corrected chi connectivity index (χ1v) is 6.22. The lowest BCUT2D eigenvalue weighted by Gasteiger charge is -1.98. The highest BCUT2D eigenvalue weighted by Crippen LogP contribution is 2.19. The summed E-state index contributed by atoms with van der Waals surface area (Å²) in [5.74, 6) is 0. The Morgan fingerprint density at radius 1 is 1.44 bits per heavy atom. The topological polar surface area (TPSA) is 47.3 Å². The molecule has 3 aromatic rings. The molecule has 2 aromatic heterocycles. The van der Waals surface area contributed by atoms with Gasteiger partial charge < -0.3 is 0 Å². The van der Waals surface area contributed by atoms with Crippen molar-refractivity contribution in [1.82, 2.24) is 14.6 Å². The summed E-state index contributed by atoms with van der Waals surface area (Å²) in [7, 11) is 0. The van der Waals surface area contributed by atoms with Crippen molar-refractivity contribution in [3.8, 4) is 0 Å². The smallest absolute Gasteiger partial charge is 0.267 e. The number of aryl methyl sites for hydroxylation is 1. The lowest BCUT2D eigenvalue weighted by atomic mass is 10.2. The summed E-state index contributed by atoms with van der Waals surface area (Å²) in [5.41, 5.74) is 1.64. The molecule has 0 atom stereocenters. The van der Waals surface area contributed by atoms with E-state index in [9.17, 15) is 4.79 Å². The van der Waals surface area contributed by atoms with E-state index in [-0.39, 0.29) is 5.56 Å². The fraction of sp³-hybridized carbons (Fsp3) is 0.100. The molecule has 4 nitrogen and oxygen atoms in total. The molecule has 0 saturated carbocycles. The van der Waals surface area contributed by atoms with Crippen molar-refractivity contribution >= 4 is 43.1 Å². The molecule has 16 heavy (non-hydrogen) atoms. The number of fused-ring (bicyclic) bond motifs is 2. The van der Waals surface area contributed by atoms with Crippen LogP contribution in [0, 0.1) is 6.92 Å². The summed E-state index contributed by atoms with van der Waals surface area (Å²) in [4.78, 5) is 17.1. The second kappa shape index (κ2) is 3.36. The average molecular weight is 296 g/mol. The fourth-order valence-corrected chi connectivity index (χ4v) is 2.82. The highest BCUT2D eigenvalue weighted by Gasteiger charge is 2.09. The fourth-order valence-electron chi connectivity index (χ4n) is 1.60. The van der Waals surface area contributed by atoms with E-state index in [1.807, 2.05) is 25.1 Å². The monoisotopic (exact) mass is 295 g/mol. The van der Waals surface area contributed by atoms with Crippen molar-refractivity contribution in [2.75, 3.05) is 0 Å². The molecule has 0 aliphatic heterocycles. The summed E-state index contributed by atoms with van der Waals surface area (Å²) in [5, 5.41) is 4.68. The molecule has 0 aliphatic carbocycles. The number of nitrogens with zero attached hydrogens (tertiary/aromatic N) is 3. The molecule has 0 amide bonds. The van der Waals surface area contributed by atoms with Crippen LogP contribution in [0.4, 0.5) is 0 Å². The van der Waals surface area contributed by atoms with Gasteiger partial charge in [0.25, 0.3) is 5.56 Å². The molecule has 0 spiro atoms. The zero-order valence-electron chi connectivity index (χ0n) is 8.27. The predicted molar refractivity (Wildman–Crippen MR) is 67.1 cm³/mol. The predicted octanol–water partition coefficient (Wildman–Crippen LogP) is 2.38. The number of hydrogen-bond acceptors (Lipinski definition) is 4. The summed E-state index contributed by atoms with van der Waals surface area (Å²) in [6.45, 7) is 1.95. The van der Waals surface area contributed by atoms with Crippen LogP contribution in [0.5, 0.6) is 0 Å². The van der Waals surface area contributed by atoms with Crippen molar-refractivity contribution < 1.29 is 0 Å². The lowest BCUT2D eigenvalue weighted by molar-refractivity contribution is 0.904. The molecule has 6 heteroatoms. The van der Waals surface area contributed by atoms with Crippen LogP contribution in [0.3, 0.4) is 0 Å². The van der Waals surface area contributed by atoms with Gasteiger partial charge in [-0.15, -0.1) is 5.10 Å². The van der Waals surface area contributed by atoms with Crippen molar-refractivity contribution in [3.05, 3.63) is 38.0 Å². The SMILES string of the molecule is Cc1ccc2nc3sc(Br)nn3c(=O)c2c1. The Morgan fingerprint density at radius 3 is 3.06 bits per heavy atom.